The zero-order chi connectivity index (χ0) is 11.4. The van der Waals surface area contributed by atoms with Gasteiger partial charge in [-0.25, -0.2) is 0 Å². The molecule has 1 amide bonds. The number of aliphatic hydroxyl groups excluding tert-OH is 1. The van der Waals surface area contributed by atoms with Crippen molar-refractivity contribution >= 4 is 5.91 Å². The number of piperidine rings is 1. The number of amides is 1. The molecule has 0 bridgehead atoms. The zero-order valence-corrected chi connectivity index (χ0v) is 9.74. The molecular formula is C12H22N2O2. The maximum absolute atomic E-state index is 11.9. The second-order valence-electron chi connectivity index (χ2n) is 4.97. The van der Waals surface area contributed by atoms with E-state index in [0.717, 1.165) is 51.5 Å². The van der Waals surface area contributed by atoms with Crippen LogP contribution in [0.5, 0.6) is 0 Å². The molecule has 1 aliphatic carbocycles. The molecule has 2 fully saturated rings. The summed E-state index contributed by atoms with van der Waals surface area (Å²) in [7, 11) is 0. The highest BCUT2D eigenvalue weighted by Crippen LogP contribution is 2.18. The van der Waals surface area contributed by atoms with Gasteiger partial charge in [0.05, 0.1) is 18.2 Å². The molecule has 1 heterocycles. The average Bonchev–Trinajstić information content (AvgIpc) is 2.33. The Balaban J connectivity index is 1.80. The minimum absolute atomic E-state index is 0.0232. The lowest BCUT2D eigenvalue weighted by Crippen LogP contribution is -2.53. The number of carbonyl (C=O) groups excluding carboxylic acids is 1. The van der Waals surface area contributed by atoms with Crippen molar-refractivity contribution in [3.05, 3.63) is 0 Å². The van der Waals surface area contributed by atoms with Crippen molar-refractivity contribution in [1.82, 2.24) is 10.6 Å². The molecule has 0 aromatic rings. The number of rotatable bonds is 2. The van der Waals surface area contributed by atoms with E-state index < -0.39 is 0 Å². The molecule has 0 aromatic heterocycles. The molecule has 2 aliphatic rings. The van der Waals surface area contributed by atoms with Crippen molar-refractivity contribution < 1.29 is 9.90 Å². The third-order valence-corrected chi connectivity index (χ3v) is 3.68. The fourth-order valence-electron chi connectivity index (χ4n) is 2.64. The standard InChI is InChI=1S/C12H22N2O2/c15-11-7-2-1-5-9(11)14-12(16)10-6-3-4-8-13-10/h9-11,13,15H,1-8H2,(H,14,16)/t9-,10?,11-/m0/s1. The van der Waals surface area contributed by atoms with Crippen molar-refractivity contribution in [3.8, 4) is 0 Å². The number of hydrogen-bond acceptors (Lipinski definition) is 3. The molecule has 0 aromatic carbocycles. The van der Waals surface area contributed by atoms with Crippen LogP contribution in [0.3, 0.4) is 0 Å². The Bertz CT molecular complexity index is 239. The van der Waals surface area contributed by atoms with Gasteiger partial charge in [-0.3, -0.25) is 4.79 Å². The van der Waals surface area contributed by atoms with E-state index in [-0.39, 0.29) is 24.1 Å². The van der Waals surface area contributed by atoms with Crippen LogP contribution >= 0.6 is 0 Å². The maximum atomic E-state index is 11.9. The summed E-state index contributed by atoms with van der Waals surface area (Å²) in [6, 6.07) is -0.0622. The highest BCUT2D eigenvalue weighted by molar-refractivity contribution is 5.82. The fraction of sp³-hybridized carbons (Fsp3) is 0.917. The molecule has 4 heteroatoms. The fourth-order valence-corrected chi connectivity index (χ4v) is 2.64. The van der Waals surface area contributed by atoms with Gasteiger partial charge in [0.15, 0.2) is 0 Å². The second kappa shape index (κ2) is 5.64. The van der Waals surface area contributed by atoms with E-state index in [1.807, 2.05) is 0 Å². The highest BCUT2D eigenvalue weighted by Gasteiger charge is 2.28. The SMILES string of the molecule is O=C(N[C@H]1CCCC[C@@H]1O)C1CCCCN1. The molecule has 1 unspecified atom stereocenters. The topological polar surface area (TPSA) is 61.4 Å². The Morgan fingerprint density at radius 1 is 1.12 bits per heavy atom. The zero-order valence-electron chi connectivity index (χ0n) is 9.74. The summed E-state index contributed by atoms with van der Waals surface area (Å²) in [6.07, 6.45) is 6.79. The Hall–Kier alpha value is -0.610. The van der Waals surface area contributed by atoms with Crippen LogP contribution < -0.4 is 10.6 Å². The Kier molecular flexibility index (Phi) is 4.18. The van der Waals surface area contributed by atoms with Gasteiger partial charge in [-0.2, -0.15) is 0 Å². The molecule has 16 heavy (non-hydrogen) atoms. The average molecular weight is 226 g/mol. The van der Waals surface area contributed by atoms with Crippen LogP contribution in [0.15, 0.2) is 0 Å². The van der Waals surface area contributed by atoms with E-state index in [9.17, 15) is 9.90 Å². The van der Waals surface area contributed by atoms with Gasteiger partial charge >= 0.3 is 0 Å². The molecule has 2 rings (SSSR count). The van der Waals surface area contributed by atoms with E-state index in [1.54, 1.807) is 0 Å². The first-order chi connectivity index (χ1) is 7.77. The molecule has 1 saturated heterocycles. The maximum Gasteiger partial charge on any atom is 0.237 e. The van der Waals surface area contributed by atoms with Gasteiger partial charge in [-0.15, -0.1) is 0 Å². The van der Waals surface area contributed by atoms with Gasteiger partial charge in [0, 0.05) is 0 Å². The van der Waals surface area contributed by atoms with Crippen molar-refractivity contribution in [2.45, 2.75) is 63.1 Å². The summed E-state index contributed by atoms with van der Waals surface area (Å²) in [6.45, 7) is 0.936. The third kappa shape index (κ3) is 2.95. The smallest absolute Gasteiger partial charge is 0.237 e. The van der Waals surface area contributed by atoms with E-state index in [0.29, 0.717) is 0 Å². The lowest BCUT2D eigenvalue weighted by atomic mass is 9.92. The van der Waals surface area contributed by atoms with Gasteiger partial charge in [-0.1, -0.05) is 19.3 Å². The lowest BCUT2D eigenvalue weighted by Gasteiger charge is -2.31. The Labute approximate surface area is 96.8 Å². The predicted molar refractivity (Wildman–Crippen MR) is 62.0 cm³/mol. The predicted octanol–water partition coefficient (Wildman–Crippen LogP) is 0.548. The minimum Gasteiger partial charge on any atom is -0.391 e. The van der Waals surface area contributed by atoms with Crippen molar-refractivity contribution in [2.24, 2.45) is 0 Å². The number of carbonyl (C=O) groups is 1. The summed E-state index contributed by atoms with van der Waals surface area (Å²) >= 11 is 0. The van der Waals surface area contributed by atoms with Crippen LogP contribution in [0.25, 0.3) is 0 Å². The van der Waals surface area contributed by atoms with E-state index >= 15 is 0 Å². The number of aliphatic hydroxyl groups is 1. The summed E-state index contributed by atoms with van der Waals surface area (Å²) in [4.78, 5) is 11.9. The molecule has 4 nitrogen and oxygen atoms in total. The van der Waals surface area contributed by atoms with E-state index in [2.05, 4.69) is 10.6 Å². The summed E-state index contributed by atoms with van der Waals surface area (Å²) in [5, 5.41) is 16.0. The van der Waals surface area contributed by atoms with Gasteiger partial charge in [-0.05, 0) is 32.2 Å². The molecule has 1 aliphatic heterocycles. The molecule has 0 radical (unpaired) electrons. The first kappa shape index (κ1) is 11.9. The third-order valence-electron chi connectivity index (χ3n) is 3.68. The normalized spacial score (nSPS) is 35.7. The second-order valence-corrected chi connectivity index (χ2v) is 4.97. The molecule has 3 atom stereocenters. The largest absolute Gasteiger partial charge is 0.391 e. The lowest BCUT2D eigenvalue weighted by molar-refractivity contribution is -0.125. The van der Waals surface area contributed by atoms with E-state index in [4.69, 9.17) is 0 Å². The van der Waals surface area contributed by atoms with Gasteiger partial charge in [0.1, 0.15) is 0 Å². The summed E-state index contributed by atoms with van der Waals surface area (Å²) in [5.74, 6) is 0.0747. The van der Waals surface area contributed by atoms with Crippen molar-refractivity contribution in [1.29, 1.82) is 0 Å². The van der Waals surface area contributed by atoms with Crippen LogP contribution in [0.2, 0.25) is 0 Å². The minimum atomic E-state index is -0.346. The van der Waals surface area contributed by atoms with Gasteiger partial charge in [0.2, 0.25) is 5.91 Å². The van der Waals surface area contributed by atoms with Gasteiger partial charge < -0.3 is 15.7 Å². The molecule has 92 valence electrons. The molecular weight excluding hydrogens is 204 g/mol. The highest BCUT2D eigenvalue weighted by atomic mass is 16.3. The molecule has 1 saturated carbocycles. The summed E-state index contributed by atoms with van der Waals surface area (Å²) < 4.78 is 0. The van der Waals surface area contributed by atoms with E-state index in [1.165, 1.54) is 0 Å². The van der Waals surface area contributed by atoms with Crippen LogP contribution in [-0.2, 0) is 4.79 Å². The quantitative estimate of drug-likeness (QED) is 0.644. The van der Waals surface area contributed by atoms with Crippen LogP contribution in [0.1, 0.15) is 44.9 Å². The van der Waals surface area contributed by atoms with Crippen molar-refractivity contribution in [2.75, 3.05) is 6.54 Å². The Morgan fingerprint density at radius 3 is 2.56 bits per heavy atom. The number of hydrogen-bond donors (Lipinski definition) is 3. The number of nitrogens with one attached hydrogen (secondary N) is 2. The van der Waals surface area contributed by atoms with Gasteiger partial charge in [0.25, 0.3) is 0 Å². The first-order valence-corrected chi connectivity index (χ1v) is 6.49. The first-order valence-electron chi connectivity index (χ1n) is 6.49. The monoisotopic (exact) mass is 226 g/mol. The van der Waals surface area contributed by atoms with Crippen molar-refractivity contribution in [3.63, 3.8) is 0 Å². The van der Waals surface area contributed by atoms with Crippen LogP contribution in [0, 0.1) is 0 Å². The molecule has 3 N–H and O–H groups in total. The van der Waals surface area contributed by atoms with Crippen LogP contribution in [-0.4, -0.2) is 35.7 Å². The van der Waals surface area contributed by atoms with Crippen LogP contribution in [0.4, 0.5) is 0 Å². The Morgan fingerprint density at radius 2 is 1.88 bits per heavy atom. The molecule has 0 spiro atoms. The summed E-state index contributed by atoms with van der Waals surface area (Å²) in [5.41, 5.74) is 0.